The minimum atomic E-state index is 0.137. The quantitative estimate of drug-likeness (QED) is 0.830. The third-order valence-electron chi connectivity index (χ3n) is 3.22. The lowest BCUT2D eigenvalue weighted by Crippen LogP contribution is -2.31. The Balaban J connectivity index is 1.81. The van der Waals surface area contributed by atoms with Gasteiger partial charge in [0.2, 0.25) is 5.91 Å². The number of aryl methyl sites for hydroxylation is 1. The lowest BCUT2D eigenvalue weighted by Gasteiger charge is -2.13. The zero-order chi connectivity index (χ0) is 12.8. The van der Waals surface area contributed by atoms with E-state index in [2.05, 4.69) is 20.6 Å². The Labute approximate surface area is 107 Å². The van der Waals surface area contributed by atoms with Crippen molar-refractivity contribution < 1.29 is 4.79 Å². The van der Waals surface area contributed by atoms with Gasteiger partial charge in [-0.3, -0.25) is 14.8 Å². The van der Waals surface area contributed by atoms with Crippen molar-refractivity contribution in [2.75, 3.05) is 13.1 Å². The predicted octanol–water partition coefficient (Wildman–Crippen LogP) is 0.791. The maximum absolute atomic E-state index is 12.0. The molecular weight excluding hydrogens is 228 g/mol. The van der Waals surface area contributed by atoms with Crippen LogP contribution in [0.4, 0.5) is 0 Å². The van der Waals surface area contributed by atoms with Gasteiger partial charge in [0.1, 0.15) is 0 Å². The van der Waals surface area contributed by atoms with E-state index in [1.807, 2.05) is 6.92 Å². The second-order valence-corrected chi connectivity index (χ2v) is 4.74. The number of carbonyl (C=O) groups is 1. The van der Waals surface area contributed by atoms with Crippen molar-refractivity contribution in [1.82, 2.24) is 20.6 Å². The van der Waals surface area contributed by atoms with Crippen molar-refractivity contribution in [1.29, 1.82) is 0 Å². The van der Waals surface area contributed by atoms with Gasteiger partial charge in [-0.25, -0.2) is 0 Å². The van der Waals surface area contributed by atoms with Crippen LogP contribution in [0.25, 0.3) is 0 Å². The van der Waals surface area contributed by atoms with E-state index in [0.717, 1.165) is 43.7 Å². The van der Waals surface area contributed by atoms with Crippen molar-refractivity contribution >= 4 is 5.91 Å². The number of rotatable bonds is 3. The summed E-state index contributed by atoms with van der Waals surface area (Å²) in [6, 6.07) is 0. The zero-order valence-electron chi connectivity index (χ0n) is 10.8. The van der Waals surface area contributed by atoms with Crippen LogP contribution in [0, 0.1) is 12.8 Å². The SMILES string of the molecule is Cc1cnc(CNC(=O)[C@@H]2CCCNCC2)cn1. The van der Waals surface area contributed by atoms with Crippen LogP contribution in [0.5, 0.6) is 0 Å². The molecule has 1 fully saturated rings. The van der Waals surface area contributed by atoms with Gasteiger partial charge in [-0.05, 0) is 39.3 Å². The van der Waals surface area contributed by atoms with Gasteiger partial charge in [0.05, 0.1) is 24.1 Å². The first-order valence-corrected chi connectivity index (χ1v) is 6.51. The van der Waals surface area contributed by atoms with Gasteiger partial charge in [0, 0.05) is 12.1 Å². The molecule has 98 valence electrons. The summed E-state index contributed by atoms with van der Waals surface area (Å²) in [7, 11) is 0. The molecule has 0 bridgehead atoms. The fourth-order valence-corrected chi connectivity index (χ4v) is 2.11. The van der Waals surface area contributed by atoms with E-state index < -0.39 is 0 Å². The number of hydrogen-bond donors (Lipinski definition) is 2. The van der Waals surface area contributed by atoms with Gasteiger partial charge in [-0.15, -0.1) is 0 Å². The zero-order valence-corrected chi connectivity index (χ0v) is 10.8. The Morgan fingerprint density at radius 1 is 1.39 bits per heavy atom. The number of carbonyl (C=O) groups excluding carboxylic acids is 1. The molecule has 1 amide bonds. The standard InChI is InChI=1S/C13H20N4O/c1-10-7-16-12(8-15-10)9-17-13(18)11-3-2-5-14-6-4-11/h7-8,11,14H,2-6,9H2,1H3,(H,17,18)/t11-/m1/s1. The number of nitrogens with zero attached hydrogens (tertiary/aromatic N) is 2. The summed E-state index contributed by atoms with van der Waals surface area (Å²) in [5, 5.41) is 6.26. The molecule has 5 nitrogen and oxygen atoms in total. The average Bonchev–Trinajstić information content (AvgIpc) is 2.66. The molecule has 0 unspecified atom stereocenters. The maximum atomic E-state index is 12.0. The summed E-state index contributed by atoms with van der Waals surface area (Å²) in [6.45, 7) is 4.32. The number of aromatic nitrogens is 2. The molecule has 2 rings (SSSR count). The molecule has 0 aliphatic carbocycles. The average molecular weight is 248 g/mol. The van der Waals surface area contributed by atoms with Crippen LogP contribution in [0.1, 0.15) is 30.7 Å². The molecule has 1 aliphatic heterocycles. The van der Waals surface area contributed by atoms with Crippen molar-refractivity contribution in [3.8, 4) is 0 Å². The first-order chi connectivity index (χ1) is 8.75. The Bertz CT molecular complexity index is 382. The van der Waals surface area contributed by atoms with E-state index in [0.29, 0.717) is 6.54 Å². The van der Waals surface area contributed by atoms with Crippen LogP contribution < -0.4 is 10.6 Å². The summed E-state index contributed by atoms with van der Waals surface area (Å²) >= 11 is 0. The Kier molecular flexibility index (Phi) is 4.64. The molecule has 0 aromatic carbocycles. The van der Waals surface area contributed by atoms with Gasteiger partial charge in [0.25, 0.3) is 0 Å². The number of amides is 1. The lowest BCUT2D eigenvalue weighted by molar-refractivity contribution is -0.125. The summed E-state index contributed by atoms with van der Waals surface area (Å²) in [6.07, 6.45) is 6.40. The van der Waals surface area contributed by atoms with E-state index in [1.54, 1.807) is 12.4 Å². The van der Waals surface area contributed by atoms with Crippen molar-refractivity contribution in [2.45, 2.75) is 32.7 Å². The first kappa shape index (κ1) is 13.0. The summed E-state index contributed by atoms with van der Waals surface area (Å²) in [5.74, 6) is 0.277. The third-order valence-corrected chi connectivity index (χ3v) is 3.22. The molecule has 0 saturated carbocycles. The second kappa shape index (κ2) is 6.44. The maximum Gasteiger partial charge on any atom is 0.223 e. The largest absolute Gasteiger partial charge is 0.350 e. The molecule has 2 N–H and O–H groups in total. The van der Waals surface area contributed by atoms with Gasteiger partial charge >= 0.3 is 0 Å². The van der Waals surface area contributed by atoms with Crippen molar-refractivity contribution in [2.24, 2.45) is 5.92 Å². The van der Waals surface area contributed by atoms with Crippen LogP contribution in [0.15, 0.2) is 12.4 Å². The van der Waals surface area contributed by atoms with E-state index in [-0.39, 0.29) is 11.8 Å². The minimum Gasteiger partial charge on any atom is -0.350 e. The molecule has 2 heterocycles. The highest BCUT2D eigenvalue weighted by molar-refractivity contribution is 5.78. The fourth-order valence-electron chi connectivity index (χ4n) is 2.11. The Morgan fingerprint density at radius 3 is 3.06 bits per heavy atom. The van der Waals surface area contributed by atoms with Crippen molar-refractivity contribution in [3.05, 3.63) is 23.8 Å². The molecule has 0 radical (unpaired) electrons. The minimum absolute atomic E-state index is 0.137. The fraction of sp³-hybridized carbons (Fsp3) is 0.615. The summed E-state index contributed by atoms with van der Waals surface area (Å²) < 4.78 is 0. The second-order valence-electron chi connectivity index (χ2n) is 4.74. The number of hydrogen-bond acceptors (Lipinski definition) is 4. The number of nitrogens with one attached hydrogen (secondary N) is 2. The highest BCUT2D eigenvalue weighted by Crippen LogP contribution is 2.13. The Hall–Kier alpha value is -1.49. The van der Waals surface area contributed by atoms with E-state index in [4.69, 9.17) is 0 Å². The molecule has 18 heavy (non-hydrogen) atoms. The topological polar surface area (TPSA) is 66.9 Å². The molecular formula is C13H20N4O. The normalized spacial score (nSPS) is 20.2. The van der Waals surface area contributed by atoms with E-state index >= 15 is 0 Å². The van der Waals surface area contributed by atoms with Crippen LogP contribution in [0.3, 0.4) is 0 Å². The van der Waals surface area contributed by atoms with Gasteiger partial charge in [0.15, 0.2) is 0 Å². The molecule has 5 heteroatoms. The highest BCUT2D eigenvalue weighted by Gasteiger charge is 2.19. The highest BCUT2D eigenvalue weighted by atomic mass is 16.1. The van der Waals surface area contributed by atoms with Crippen LogP contribution in [0.2, 0.25) is 0 Å². The molecule has 0 spiro atoms. The molecule has 1 atom stereocenters. The monoisotopic (exact) mass is 248 g/mol. The van der Waals surface area contributed by atoms with Crippen LogP contribution in [-0.2, 0) is 11.3 Å². The Morgan fingerprint density at radius 2 is 2.28 bits per heavy atom. The molecule has 1 aromatic heterocycles. The lowest BCUT2D eigenvalue weighted by atomic mass is 10.00. The third kappa shape index (κ3) is 3.77. The smallest absolute Gasteiger partial charge is 0.223 e. The molecule has 1 aromatic rings. The molecule has 1 saturated heterocycles. The van der Waals surface area contributed by atoms with E-state index in [9.17, 15) is 4.79 Å². The first-order valence-electron chi connectivity index (χ1n) is 6.51. The van der Waals surface area contributed by atoms with Crippen LogP contribution >= 0.6 is 0 Å². The van der Waals surface area contributed by atoms with Crippen LogP contribution in [-0.4, -0.2) is 29.0 Å². The van der Waals surface area contributed by atoms with Gasteiger partial charge in [-0.1, -0.05) is 0 Å². The van der Waals surface area contributed by atoms with E-state index in [1.165, 1.54) is 0 Å². The van der Waals surface area contributed by atoms with Gasteiger partial charge in [-0.2, -0.15) is 0 Å². The predicted molar refractivity (Wildman–Crippen MR) is 68.8 cm³/mol. The summed E-state index contributed by atoms with van der Waals surface area (Å²) in [4.78, 5) is 20.4. The summed E-state index contributed by atoms with van der Waals surface area (Å²) in [5.41, 5.74) is 1.70. The van der Waals surface area contributed by atoms with Crippen molar-refractivity contribution in [3.63, 3.8) is 0 Å². The van der Waals surface area contributed by atoms with Gasteiger partial charge < -0.3 is 10.6 Å². The molecule has 1 aliphatic rings.